The van der Waals surface area contributed by atoms with Gasteiger partial charge in [-0.2, -0.15) is 0 Å². The molecule has 8 heteroatoms. The summed E-state index contributed by atoms with van der Waals surface area (Å²) in [5.74, 6) is -0.0778. The van der Waals surface area contributed by atoms with Crippen LogP contribution in [0.3, 0.4) is 0 Å². The summed E-state index contributed by atoms with van der Waals surface area (Å²) < 4.78 is 24.1. The molecule has 2 aromatic rings. The van der Waals surface area contributed by atoms with Crippen LogP contribution in [0.4, 0.5) is 10.1 Å². The van der Waals surface area contributed by atoms with E-state index in [9.17, 15) is 9.18 Å². The molecule has 1 fully saturated rings. The van der Waals surface area contributed by atoms with Crippen LogP contribution in [0.1, 0.15) is 23.2 Å². The van der Waals surface area contributed by atoms with Gasteiger partial charge in [-0.1, -0.05) is 17.7 Å². The van der Waals surface area contributed by atoms with Crippen molar-refractivity contribution in [3.05, 3.63) is 58.9 Å². The molecule has 28 heavy (non-hydrogen) atoms. The lowest BCUT2D eigenvalue weighted by Crippen LogP contribution is -2.36. The number of rotatable bonds is 5. The lowest BCUT2D eigenvalue weighted by Gasteiger charge is -2.14. The molecule has 0 aliphatic carbocycles. The minimum absolute atomic E-state index is 0.0160. The van der Waals surface area contributed by atoms with Crippen molar-refractivity contribution in [3.8, 4) is 5.75 Å². The Morgan fingerprint density at radius 1 is 1.36 bits per heavy atom. The zero-order valence-electron chi connectivity index (χ0n) is 15.4. The minimum Gasteiger partial charge on any atom is -0.497 e. The number of amides is 1. The highest BCUT2D eigenvalue weighted by atomic mass is 35.5. The summed E-state index contributed by atoms with van der Waals surface area (Å²) in [5, 5.41) is 5.70. The number of ether oxygens (including phenoxy) is 2. The predicted molar refractivity (Wildman–Crippen MR) is 107 cm³/mol. The van der Waals surface area contributed by atoms with E-state index in [4.69, 9.17) is 21.1 Å². The first kappa shape index (κ1) is 20.1. The molecule has 1 aliphatic rings. The van der Waals surface area contributed by atoms with Crippen LogP contribution < -0.4 is 15.4 Å². The average Bonchev–Trinajstić information content (AvgIpc) is 3.22. The van der Waals surface area contributed by atoms with Gasteiger partial charge in [0.25, 0.3) is 5.91 Å². The highest BCUT2D eigenvalue weighted by Crippen LogP contribution is 2.19. The van der Waals surface area contributed by atoms with Crippen LogP contribution in [0.5, 0.6) is 5.75 Å². The number of aliphatic imine (C=N–C) groups is 1. The second kappa shape index (κ2) is 9.52. The van der Waals surface area contributed by atoms with Crippen LogP contribution in [0.25, 0.3) is 0 Å². The van der Waals surface area contributed by atoms with Crippen molar-refractivity contribution < 1.29 is 18.7 Å². The smallest absolute Gasteiger partial charge is 0.258 e. The van der Waals surface area contributed by atoms with Gasteiger partial charge in [-0.15, -0.1) is 0 Å². The van der Waals surface area contributed by atoms with E-state index in [0.29, 0.717) is 30.2 Å². The highest BCUT2D eigenvalue weighted by Gasteiger charge is 2.16. The van der Waals surface area contributed by atoms with E-state index >= 15 is 0 Å². The predicted octanol–water partition coefficient (Wildman–Crippen LogP) is 3.86. The zero-order valence-corrected chi connectivity index (χ0v) is 16.1. The Morgan fingerprint density at radius 3 is 2.93 bits per heavy atom. The van der Waals surface area contributed by atoms with Gasteiger partial charge >= 0.3 is 0 Å². The lowest BCUT2D eigenvalue weighted by atomic mass is 10.2. The molecule has 0 spiro atoms. The van der Waals surface area contributed by atoms with E-state index in [1.54, 1.807) is 24.3 Å². The van der Waals surface area contributed by atoms with Crippen molar-refractivity contribution >= 4 is 29.2 Å². The molecular formula is C20H21ClFN3O3. The topological polar surface area (TPSA) is 72.0 Å². The fourth-order valence-corrected chi connectivity index (χ4v) is 2.93. The molecule has 1 saturated heterocycles. The Kier molecular flexibility index (Phi) is 6.84. The fourth-order valence-electron chi connectivity index (χ4n) is 2.75. The van der Waals surface area contributed by atoms with E-state index in [1.807, 2.05) is 0 Å². The van der Waals surface area contributed by atoms with Gasteiger partial charge in [-0.05, 0) is 49.2 Å². The average molecular weight is 406 g/mol. The maximum Gasteiger partial charge on any atom is 0.258 e. The first-order chi connectivity index (χ1) is 13.5. The number of hydrogen-bond acceptors (Lipinski definition) is 4. The number of benzene rings is 2. The number of carbonyl (C=O) groups excluding carboxylic acids is 1. The zero-order chi connectivity index (χ0) is 19.9. The summed E-state index contributed by atoms with van der Waals surface area (Å²) in [4.78, 5) is 17.1. The van der Waals surface area contributed by atoms with Crippen molar-refractivity contribution in [2.75, 3.05) is 25.6 Å². The minimum atomic E-state index is -0.523. The highest BCUT2D eigenvalue weighted by molar-refractivity contribution is 6.31. The van der Waals surface area contributed by atoms with E-state index in [2.05, 4.69) is 15.6 Å². The first-order valence-electron chi connectivity index (χ1n) is 8.88. The molecule has 148 valence electrons. The monoisotopic (exact) mass is 405 g/mol. The fraction of sp³-hybridized carbons (Fsp3) is 0.300. The summed E-state index contributed by atoms with van der Waals surface area (Å²) in [6.45, 7) is 1.11. The van der Waals surface area contributed by atoms with Crippen LogP contribution in [-0.4, -0.2) is 38.2 Å². The summed E-state index contributed by atoms with van der Waals surface area (Å²) in [5.41, 5.74) is 0.923. The van der Waals surface area contributed by atoms with Crippen molar-refractivity contribution in [1.29, 1.82) is 0 Å². The van der Waals surface area contributed by atoms with Gasteiger partial charge in [0.05, 0.1) is 24.8 Å². The number of halogens is 2. The molecule has 0 aromatic heterocycles. The Hall–Kier alpha value is -2.64. The van der Waals surface area contributed by atoms with Gasteiger partial charge in [0.2, 0.25) is 5.96 Å². The van der Waals surface area contributed by atoms with E-state index < -0.39 is 5.82 Å². The standard InChI is InChI=1S/C20H21ClFN3O3/c1-27-15-5-2-4-13(10-15)19(26)25-20(23-12-16-6-3-9-28-16)24-14-7-8-18(22)17(21)11-14/h2,4-5,7-8,10-11,16H,3,6,9,12H2,1H3,(H2,23,24,25,26)/t16-/m0/s1. The Morgan fingerprint density at radius 2 is 2.21 bits per heavy atom. The summed E-state index contributed by atoms with van der Waals surface area (Å²) in [6.07, 6.45) is 1.93. The number of anilines is 1. The molecular weight excluding hydrogens is 385 g/mol. The molecule has 0 unspecified atom stereocenters. The van der Waals surface area contributed by atoms with E-state index in [1.165, 1.54) is 25.3 Å². The third-order valence-electron chi connectivity index (χ3n) is 4.22. The number of methoxy groups -OCH3 is 1. The maximum atomic E-state index is 13.4. The molecule has 0 bridgehead atoms. The molecule has 0 saturated carbocycles. The van der Waals surface area contributed by atoms with Crippen LogP contribution in [0, 0.1) is 5.82 Å². The summed E-state index contributed by atoms with van der Waals surface area (Å²) in [6, 6.07) is 11.0. The molecule has 2 N–H and O–H groups in total. The number of guanidine groups is 1. The molecule has 6 nitrogen and oxygen atoms in total. The molecule has 3 rings (SSSR count). The van der Waals surface area contributed by atoms with Gasteiger partial charge in [-0.25, -0.2) is 9.38 Å². The van der Waals surface area contributed by atoms with Crippen LogP contribution in [-0.2, 0) is 4.74 Å². The van der Waals surface area contributed by atoms with Gasteiger partial charge < -0.3 is 14.8 Å². The van der Waals surface area contributed by atoms with Crippen molar-refractivity contribution in [1.82, 2.24) is 5.32 Å². The third kappa shape index (κ3) is 5.43. The van der Waals surface area contributed by atoms with Crippen LogP contribution in [0.2, 0.25) is 5.02 Å². The summed E-state index contributed by atoms with van der Waals surface area (Å²) in [7, 11) is 1.53. The largest absolute Gasteiger partial charge is 0.497 e. The number of carbonyl (C=O) groups is 1. The van der Waals surface area contributed by atoms with Gasteiger partial charge in [0.1, 0.15) is 11.6 Å². The molecule has 1 aliphatic heterocycles. The van der Waals surface area contributed by atoms with Gasteiger partial charge in [0, 0.05) is 17.9 Å². The SMILES string of the molecule is COc1cccc(C(=O)NC(=NC[C@@H]2CCCO2)Nc2ccc(F)c(Cl)c2)c1. The van der Waals surface area contributed by atoms with E-state index in [-0.39, 0.29) is 23.0 Å². The first-order valence-corrected chi connectivity index (χ1v) is 9.26. The second-order valence-corrected chi connectivity index (χ2v) is 6.67. The summed E-state index contributed by atoms with van der Waals surface area (Å²) >= 11 is 5.84. The van der Waals surface area contributed by atoms with Gasteiger partial charge in [-0.3, -0.25) is 10.1 Å². The molecule has 1 amide bonds. The second-order valence-electron chi connectivity index (χ2n) is 6.26. The molecule has 1 atom stereocenters. The Bertz CT molecular complexity index is 870. The van der Waals surface area contributed by atoms with Gasteiger partial charge in [0.15, 0.2) is 0 Å². The Balaban J connectivity index is 1.76. The van der Waals surface area contributed by atoms with Crippen molar-refractivity contribution in [2.45, 2.75) is 18.9 Å². The maximum absolute atomic E-state index is 13.4. The number of hydrogen-bond donors (Lipinski definition) is 2. The number of nitrogens with one attached hydrogen (secondary N) is 2. The lowest BCUT2D eigenvalue weighted by molar-refractivity contribution is 0.0975. The van der Waals surface area contributed by atoms with Crippen molar-refractivity contribution in [3.63, 3.8) is 0 Å². The molecule has 0 radical (unpaired) electrons. The van der Waals surface area contributed by atoms with Crippen molar-refractivity contribution in [2.24, 2.45) is 4.99 Å². The molecule has 1 heterocycles. The number of nitrogens with zero attached hydrogens (tertiary/aromatic N) is 1. The quantitative estimate of drug-likeness (QED) is 0.585. The Labute approximate surface area is 167 Å². The third-order valence-corrected chi connectivity index (χ3v) is 4.51. The molecule has 2 aromatic carbocycles. The van der Waals surface area contributed by atoms with Crippen LogP contribution >= 0.6 is 11.6 Å². The van der Waals surface area contributed by atoms with Crippen LogP contribution in [0.15, 0.2) is 47.5 Å². The normalized spacial score (nSPS) is 16.7. The van der Waals surface area contributed by atoms with E-state index in [0.717, 1.165) is 12.8 Å².